The van der Waals surface area contributed by atoms with Crippen molar-refractivity contribution in [2.24, 2.45) is 29.6 Å². The number of aliphatic hydroxyl groups excluding tert-OH is 1. The van der Waals surface area contributed by atoms with Crippen molar-refractivity contribution >= 4 is 0 Å². The topological polar surface area (TPSA) is 20.2 Å². The number of rotatable bonds is 1. The second-order valence-electron chi connectivity index (χ2n) is 5.10. The van der Waals surface area contributed by atoms with Crippen molar-refractivity contribution in [2.45, 2.75) is 32.1 Å². The van der Waals surface area contributed by atoms with Crippen molar-refractivity contribution in [3.63, 3.8) is 0 Å². The fourth-order valence-electron chi connectivity index (χ4n) is 4.42. The molecule has 2 bridgehead atoms. The minimum absolute atomic E-state index is 0.463. The van der Waals surface area contributed by atoms with Crippen LogP contribution < -0.4 is 0 Å². The zero-order valence-corrected chi connectivity index (χ0v) is 7.58. The molecule has 0 heterocycles. The van der Waals surface area contributed by atoms with Gasteiger partial charge in [0, 0.05) is 6.61 Å². The van der Waals surface area contributed by atoms with E-state index in [9.17, 15) is 5.11 Å². The Balaban J connectivity index is 1.83. The largest absolute Gasteiger partial charge is 0.396 e. The summed E-state index contributed by atoms with van der Waals surface area (Å²) in [6, 6.07) is 0. The van der Waals surface area contributed by atoms with Gasteiger partial charge in [-0.2, -0.15) is 0 Å². The maximum Gasteiger partial charge on any atom is 0.0462 e. The summed E-state index contributed by atoms with van der Waals surface area (Å²) in [4.78, 5) is 0. The molecule has 0 amide bonds. The smallest absolute Gasteiger partial charge is 0.0462 e. The third kappa shape index (κ3) is 0.783. The normalized spacial score (nSPS) is 56.2. The van der Waals surface area contributed by atoms with Gasteiger partial charge in [-0.3, -0.25) is 0 Å². The summed E-state index contributed by atoms with van der Waals surface area (Å²) in [7, 11) is 0. The molecule has 0 aromatic heterocycles. The Morgan fingerprint density at radius 1 is 1.00 bits per heavy atom. The van der Waals surface area contributed by atoms with Gasteiger partial charge in [0.2, 0.25) is 0 Å². The summed E-state index contributed by atoms with van der Waals surface area (Å²) in [6.45, 7) is 0.463. The van der Waals surface area contributed by atoms with Gasteiger partial charge >= 0.3 is 0 Å². The summed E-state index contributed by atoms with van der Waals surface area (Å²) < 4.78 is 0. The zero-order valence-electron chi connectivity index (χ0n) is 7.58. The summed E-state index contributed by atoms with van der Waals surface area (Å²) in [6.07, 6.45) is 7.26. The van der Waals surface area contributed by atoms with Gasteiger partial charge in [-0.15, -0.1) is 0 Å². The average Bonchev–Trinajstić information content (AvgIpc) is 2.75. The van der Waals surface area contributed by atoms with Gasteiger partial charge in [-0.1, -0.05) is 6.42 Å². The van der Waals surface area contributed by atoms with Crippen LogP contribution in [0, 0.1) is 29.6 Å². The van der Waals surface area contributed by atoms with Gasteiger partial charge in [-0.25, -0.2) is 0 Å². The molecule has 3 fully saturated rings. The molecule has 1 nitrogen and oxygen atoms in total. The molecule has 1 N–H and O–H groups in total. The Labute approximate surface area is 74.2 Å². The molecule has 0 saturated heterocycles. The predicted molar refractivity (Wildman–Crippen MR) is 47.6 cm³/mol. The van der Waals surface area contributed by atoms with Crippen molar-refractivity contribution in [3.8, 4) is 0 Å². The number of hydrogen-bond donors (Lipinski definition) is 1. The molecular weight excluding hydrogens is 148 g/mol. The van der Waals surface area contributed by atoms with Crippen molar-refractivity contribution < 1.29 is 5.11 Å². The van der Waals surface area contributed by atoms with E-state index in [0.29, 0.717) is 12.5 Å². The molecule has 0 aliphatic heterocycles. The first-order valence-corrected chi connectivity index (χ1v) is 5.51. The number of hydrogen-bond acceptors (Lipinski definition) is 1. The molecule has 3 saturated carbocycles. The monoisotopic (exact) mass is 166 g/mol. The van der Waals surface area contributed by atoms with Crippen LogP contribution in [0.5, 0.6) is 0 Å². The minimum atomic E-state index is 0.463. The van der Waals surface area contributed by atoms with E-state index in [1.165, 1.54) is 32.1 Å². The molecule has 3 rings (SSSR count). The van der Waals surface area contributed by atoms with Crippen molar-refractivity contribution in [2.75, 3.05) is 6.61 Å². The van der Waals surface area contributed by atoms with Crippen molar-refractivity contribution in [3.05, 3.63) is 0 Å². The molecule has 0 radical (unpaired) electrons. The highest BCUT2D eigenvalue weighted by Crippen LogP contribution is 2.60. The van der Waals surface area contributed by atoms with E-state index < -0.39 is 0 Å². The maximum atomic E-state index is 9.21. The highest BCUT2D eigenvalue weighted by Gasteiger charge is 2.53. The predicted octanol–water partition coefficient (Wildman–Crippen LogP) is 2.05. The number of aliphatic hydroxyl groups is 1. The van der Waals surface area contributed by atoms with Crippen LogP contribution in [-0.2, 0) is 0 Å². The van der Waals surface area contributed by atoms with Crippen LogP contribution in [0.1, 0.15) is 32.1 Å². The van der Waals surface area contributed by atoms with Gasteiger partial charge in [-0.05, 0) is 55.3 Å². The van der Waals surface area contributed by atoms with E-state index >= 15 is 0 Å². The van der Waals surface area contributed by atoms with Crippen LogP contribution in [0.15, 0.2) is 0 Å². The Morgan fingerprint density at radius 3 is 2.67 bits per heavy atom. The number of fused-ring (bicyclic) bond motifs is 5. The van der Waals surface area contributed by atoms with E-state index in [1.54, 1.807) is 0 Å². The summed E-state index contributed by atoms with van der Waals surface area (Å²) in [5.41, 5.74) is 0. The van der Waals surface area contributed by atoms with Crippen LogP contribution in [0.2, 0.25) is 0 Å². The lowest BCUT2D eigenvalue weighted by Crippen LogP contribution is -2.26. The fraction of sp³-hybridized carbons (Fsp3) is 1.00. The highest BCUT2D eigenvalue weighted by atomic mass is 16.3. The van der Waals surface area contributed by atoms with Crippen molar-refractivity contribution in [1.29, 1.82) is 0 Å². The Kier molecular flexibility index (Phi) is 1.52. The molecule has 0 aromatic carbocycles. The third-order valence-electron chi connectivity index (χ3n) is 4.80. The molecule has 3 aliphatic carbocycles. The van der Waals surface area contributed by atoms with Crippen LogP contribution >= 0.6 is 0 Å². The van der Waals surface area contributed by atoms with E-state index in [4.69, 9.17) is 0 Å². The standard InChI is InChI=1S/C11H18O/c12-6-8-4-7-5-11(8)10-3-1-2-9(7)10/h7-12H,1-6H2/t7-,8-,9-,10+,11+/m0/s1. The van der Waals surface area contributed by atoms with Gasteiger partial charge in [0.05, 0.1) is 0 Å². The van der Waals surface area contributed by atoms with Gasteiger partial charge in [0.25, 0.3) is 0 Å². The van der Waals surface area contributed by atoms with E-state index in [1.807, 2.05) is 0 Å². The zero-order chi connectivity index (χ0) is 8.13. The highest BCUT2D eigenvalue weighted by molar-refractivity contribution is 5.02. The second-order valence-corrected chi connectivity index (χ2v) is 5.10. The molecule has 3 aliphatic rings. The van der Waals surface area contributed by atoms with Gasteiger partial charge < -0.3 is 5.11 Å². The van der Waals surface area contributed by atoms with Crippen LogP contribution in [0.25, 0.3) is 0 Å². The first-order chi connectivity index (χ1) is 5.90. The lowest BCUT2D eigenvalue weighted by molar-refractivity contribution is 0.121. The molecule has 12 heavy (non-hydrogen) atoms. The Bertz CT molecular complexity index is 187. The first-order valence-electron chi connectivity index (χ1n) is 5.51. The van der Waals surface area contributed by atoms with Crippen LogP contribution in [0.4, 0.5) is 0 Å². The summed E-state index contributed by atoms with van der Waals surface area (Å²) in [5.74, 6) is 4.74. The quantitative estimate of drug-likeness (QED) is 0.632. The summed E-state index contributed by atoms with van der Waals surface area (Å²) >= 11 is 0. The Morgan fingerprint density at radius 2 is 1.83 bits per heavy atom. The van der Waals surface area contributed by atoms with Crippen LogP contribution in [0.3, 0.4) is 0 Å². The summed E-state index contributed by atoms with van der Waals surface area (Å²) in [5, 5.41) is 9.21. The first kappa shape index (κ1) is 7.37. The maximum absolute atomic E-state index is 9.21. The average molecular weight is 166 g/mol. The van der Waals surface area contributed by atoms with Gasteiger partial charge in [0.15, 0.2) is 0 Å². The van der Waals surface area contributed by atoms with E-state index in [-0.39, 0.29) is 0 Å². The van der Waals surface area contributed by atoms with E-state index in [2.05, 4.69) is 0 Å². The SMILES string of the molecule is OC[C@@H]1C[C@H]2C[C@H]1[C@@H]1CCC[C@@H]21. The molecule has 1 heteroatoms. The fourth-order valence-corrected chi connectivity index (χ4v) is 4.42. The molecule has 5 atom stereocenters. The Hall–Kier alpha value is -0.0400. The molecule has 0 unspecified atom stereocenters. The molecule has 68 valence electrons. The lowest BCUT2D eigenvalue weighted by atomic mass is 9.76. The lowest BCUT2D eigenvalue weighted by Gasteiger charge is -2.30. The molecule has 0 spiro atoms. The molecular formula is C11H18O. The minimum Gasteiger partial charge on any atom is -0.396 e. The van der Waals surface area contributed by atoms with Gasteiger partial charge in [0.1, 0.15) is 0 Å². The molecule has 0 aromatic rings. The third-order valence-corrected chi connectivity index (χ3v) is 4.80. The van der Waals surface area contributed by atoms with Crippen molar-refractivity contribution in [1.82, 2.24) is 0 Å². The van der Waals surface area contributed by atoms with E-state index in [0.717, 1.165) is 23.7 Å². The van der Waals surface area contributed by atoms with Crippen LogP contribution in [-0.4, -0.2) is 11.7 Å². The second kappa shape index (κ2) is 2.47.